The average molecular weight is 319 g/mol. The molecule has 0 saturated carbocycles. The van der Waals surface area contributed by atoms with Gasteiger partial charge in [0.2, 0.25) is 11.8 Å². The molecular formula is C16H21N3O4. The summed E-state index contributed by atoms with van der Waals surface area (Å²) in [6, 6.07) is 7.19. The highest BCUT2D eigenvalue weighted by molar-refractivity contribution is 5.99. The molecule has 7 heteroatoms. The third-order valence-electron chi connectivity index (χ3n) is 3.35. The highest BCUT2D eigenvalue weighted by Crippen LogP contribution is 2.22. The molecule has 0 atom stereocenters. The van der Waals surface area contributed by atoms with Crippen LogP contribution in [0.25, 0.3) is 0 Å². The van der Waals surface area contributed by atoms with Gasteiger partial charge >= 0.3 is 0 Å². The van der Waals surface area contributed by atoms with Crippen molar-refractivity contribution in [3.8, 4) is 0 Å². The highest BCUT2D eigenvalue weighted by Gasteiger charge is 2.33. The monoisotopic (exact) mass is 319 g/mol. The van der Waals surface area contributed by atoms with E-state index in [2.05, 4.69) is 15.8 Å². The maximum Gasteiger partial charge on any atom is 0.245 e. The minimum Gasteiger partial charge on any atom is -0.347 e. The van der Waals surface area contributed by atoms with Gasteiger partial charge in [-0.1, -0.05) is 12.1 Å². The maximum absolute atomic E-state index is 11.9. The van der Waals surface area contributed by atoms with Crippen LogP contribution in [0.5, 0.6) is 0 Å². The molecule has 0 aromatic heterocycles. The maximum atomic E-state index is 11.9. The normalized spacial score (nSPS) is 16.9. The van der Waals surface area contributed by atoms with Crippen LogP contribution < -0.4 is 10.7 Å². The Bertz CT molecular complexity index is 604. The number of carbonyl (C=O) groups excluding carboxylic acids is 2. The molecule has 0 spiro atoms. The summed E-state index contributed by atoms with van der Waals surface area (Å²) in [6.07, 6.45) is 0.0885. The number of nitrogens with zero attached hydrogens (tertiary/aromatic N) is 1. The predicted octanol–water partition coefficient (Wildman–Crippen LogP) is 1.64. The Kier molecular flexibility index (Phi) is 5.46. The first-order valence-electron chi connectivity index (χ1n) is 7.37. The molecule has 1 aromatic rings. The molecule has 2 amide bonds. The van der Waals surface area contributed by atoms with Crippen molar-refractivity contribution in [3.63, 3.8) is 0 Å². The van der Waals surface area contributed by atoms with E-state index >= 15 is 0 Å². The van der Waals surface area contributed by atoms with E-state index < -0.39 is 5.79 Å². The number of rotatable bonds is 5. The lowest BCUT2D eigenvalue weighted by atomic mass is 10.1. The van der Waals surface area contributed by atoms with E-state index in [4.69, 9.17) is 9.47 Å². The fourth-order valence-corrected chi connectivity index (χ4v) is 2.20. The smallest absolute Gasteiger partial charge is 0.245 e. The van der Waals surface area contributed by atoms with Gasteiger partial charge in [-0.3, -0.25) is 9.59 Å². The predicted molar refractivity (Wildman–Crippen MR) is 86.0 cm³/mol. The molecule has 1 aliphatic heterocycles. The lowest BCUT2D eigenvalue weighted by Crippen LogP contribution is -2.33. The Morgan fingerprint density at radius 3 is 2.35 bits per heavy atom. The molecule has 2 N–H and O–H groups in total. The van der Waals surface area contributed by atoms with E-state index in [0.717, 1.165) is 5.56 Å². The van der Waals surface area contributed by atoms with Gasteiger partial charge in [0.25, 0.3) is 0 Å². The van der Waals surface area contributed by atoms with E-state index in [9.17, 15) is 9.59 Å². The molecule has 1 saturated heterocycles. The molecule has 23 heavy (non-hydrogen) atoms. The van der Waals surface area contributed by atoms with Crippen LogP contribution >= 0.6 is 0 Å². The van der Waals surface area contributed by atoms with Crippen LogP contribution in [0.4, 0.5) is 5.69 Å². The van der Waals surface area contributed by atoms with Crippen molar-refractivity contribution in [2.75, 3.05) is 18.5 Å². The van der Waals surface area contributed by atoms with Gasteiger partial charge in [0.1, 0.15) is 0 Å². The minimum atomic E-state index is -0.868. The molecule has 0 radical (unpaired) electrons. The second kappa shape index (κ2) is 7.34. The van der Waals surface area contributed by atoms with Crippen LogP contribution in [0.2, 0.25) is 0 Å². The fourth-order valence-electron chi connectivity index (χ4n) is 2.20. The van der Waals surface area contributed by atoms with E-state index in [0.29, 0.717) is 24.6 Å². The van der Waals surface area contributed by atoms with Gasteiger partial charge in [0.15, 0.2) is 5.79 Å². The van der Waals surface area contributed by atoms with Crippen LogP contribution in [0.3, 0.4) is 0 Å². The molecule has 1 fully saturated rings. The standard InChI is InChI=1S/C16H21N3O4/c1-11(13-4-6-14(7-5-13)17-12(2)20)18-19-15(21)10-16(3)22-8-9-23-16/h4-7H,8-10H2,1-3H3,(H,17,20)(H,19,21)/b18-11-. The summed E-state index contributed by atoms with van der Waals surface area (Å²) >= 11 is 0. The van der Waals surface area contributed by atoms with Crippen LogP contribution in [0.1, 0.15) is 32.8 Å². The van der Waals surface area contributed by atoms with Gasteiger partial charge in [0.05, 0.1) is 25.3 Å². The van der Waals surface area contributed by atoms with Crippen molar-refractivity contribution in [1.29, 1.82) is 0 Å². The van der Waals surface area contributed by atoms with Crippen LogP contribution in [-0.2, 0) is 19.1 Å². The third kappa shape index (κ3) is 5.15. The first-order valence-corrected chi connectivity index (χ1v) is 7.37. The largest absolute Gasteiger partial charge is 0.347 e. The molecule has 0 aliphatic carbocycles. The van der Waals surface area contributed by atoms with Gasteiger partial charge in [-0.05, 0) is 31.5 Å². The van der Waals surface area contributed by atoms with E-state index in [1.54, 1.807) is 26.0 Å². The summed E-state index contributed by atoms with van der Waals surface area (Å²) in [6.45, 7) is 5.96. The lowest BCUT2D eigenvalue weighted by molar-refractivity contribution is -0.159. The van der Waals surface area contributed by atoms with Crippen molar-refractivity contribution in [3.05, 3.63) is 29.8 Å². The number of ether oxygens (including phenoxy) is 2. The van der Waals surface area contributed by atoms with Crippen molar-refractivity contribution < 1.29 is 19.1 Å². The summed E-state index contributed by atoms with van der Waals surface area (Å²) in [4.78, 5) is 22.9. The molecule has 7 nitrogen and oxygen atoms in total. The molecule has 124 valence electrons. The number of hydrazone groups is 1. The molecule has 2 rings (SSSR count). The summed E-state index contributed by atoms with van der Waals surface area (Å²) in [5.74, 6) is -1.27. The van der Waals surface area contributed by atoms with E-state index in [1.165, 1.54) is 6.92 Å². The molecule has 0 bridgehead atoms. The Labute approximate surface area is 135 Å². The van der Waals surface area contributed by atoms with Gasteiger partial charge in [-0.2, -0.15) is 5.10 Å². The minimum absolute atomic E-state index is 0.0885. The van der Waals surface area contributed by atoms with Gasteiger partial charge in [0, 0.05) is 12.6 Å². The molecule has 1 aromatic carbocycles. The molecular weight excluding hydrogens is 298 g/mol. The summed E-state index contributed by atoms with van der Waals surface area (Å²) in [5, 5.41) is 6.77. The summed E-state index contributed by atoms with van der Waals surface area (Å²) in [7, 11) is 0. The Morgan fingerprint density at radius 2 is 1.78 bits per heavy atom. The SMILES string of the molecule is CC(=O)Nc1ccc(/C(C)=N\NC(=O)CC2(C)OCCO2)cc1. The number of hydrogen-bond acceptors (Lipinski definition) is 5. The van der Waals surface area contributed by atoms with Gasteiger partial charge in [-0.15, -0.1) is 0 Å². The van der Waals surface area contributed by atoms with Crippen molar-refractivity contribution in [1.82, 2.24) is 5.43 Å². The third-order valence-corrected chi connectivity index (χ3v) is 3.35. The highest BCUT2D eigenvalue weighted by atomic mass is 16.7. The number of anilines is 1. The second-order valence-electron chi connectivity index (χ2n) is 5.50. The van der Waals surface area contributed by atoms with E-state index in [-0.39, 0.29) is 18.2 Å². The number of benzene rings is 1. The van der Waals surface area contributed by atoms with Crippen molar-refractivity contribution in [2.24, 2.45) is 5.10 Å². The molecule has 0 unspecified atom stereocenters. The van der Waals surface area contributed by atoms with Gasteiger partial charge < -0.3 is 14.8 Å². The second-order valence-corrected chi connectivity index (χ2v) is 5.50. The Balaban J connectivity index is 1.91. The first kappa shape index (κ1) is 17.1. The first-order chi connectivity index (χ1) is 10.9. The number of nitrogens with one attached hydrogen (secondary N) is 2. The summed E-state index contributed by atoms with van der Waals surface area (Å²) < 4.78 is 10.8. The quantitative estimate of drug-likeness (QED) is 0.638. The van der Waals surface area contributed by atoms with Crippen LogP contribution in [0.15, 0.2) is 29.4 Å². The van der Waals surface area contributed by atoms with Crippen molar-refractivity contribution >= 4 is 23.2 Å². The van der Waals surface area contributed by atoms with Crippen LogP contribution in [-0.4, -0.2) is 36.5 Å². The molecule has 1 heterocycles. The van der Waals surface area contributed by atoms with Gasteiger partial charge in [-0.25, -0.2) is 5.43 Å². The zero-order valence-electron chi connectivity index (χ0n) is 13.5. The molecule has 1 aliphatic rings. The van der Waals surface area contributed by atoms with E-state index in [1.807, 2.05) is 12.1 Å². The number of carbonyl (C=O) groups is 2. The number of hydrogen-bond donors (Lipinski definition) is 2. The fraction of sp³-hybridized carbons (Fsp3) is 0.438. The zero-order chi connectivity index (χ0) is 16.9. The Morgan fingerprint density at radius 1 is 1.17 bits per heavy atom. The zero-order valence-corrected chi connectivity index (χ0v) is 13.5. The average Bonchev–Trinajstić information content (AvgIpc) is 2.91. The Hall–Kier alpha value is -2.25. The van der Waals surface area contributed by atoms with Crippen LogP contribution in [0, 0.1) is 0 Å². The summed E-state index contributed by atoms with van der Waals surface area (Å²) in [5.41, 5.74) is 4.71. The van der Waals surface area contributed by atoms with Crippen molar-refractivity contribution in [2.45, 2.75) is 33.0 Å². The topological polar surface area (TPSA) is 89.0 Å². The number of amides is 2. The lowest BCUT2D eigenvalue weighted by Gasteiger charge is -2.20.